The van der Waals surface area contributed by atoms with Crippen molar-refractivity contribution in [3.63, 3.8) is 0 Å². The number of amides is 1. The van der Waals surface area contributed by atoms with Crippen molar-refractivity contribution in [3.8, 4) is 11.1 Å². The van der Waals surface area contributed by atoms with Gasteiger partial charge in [-0.1, -0.05) is 59.6 Å². The van der Waals surface area contributed by atoms with E-state index in [-0.39, 0.29) is 6.54 Å². The number of hydrogen-bond acceptors (Lipinski definition) is 2. The topological polar surface area (TPSA) is 55.1 Å². The second-order valence-corrected chi connectivity index (χ2v) is 5.94. The van der Waals surface area contributed by atoms with Gasteiger partial charge in [0.1, 0.15) is 0 Å². The Bertz CT molecular complexity index is 873. The van der Waals surface area contributed by atoms with E-state index in [0.717, 1.165) is 27.6 Å². The molecule has 23 heavy (non-hydrogen) atoms. The fourth-order valence-corrected chi connectivity index (χ4v) is 3.19. The van der Waals surface area contributed by atoms with Crippen molar-refractivity contribution in [1.29, 1.82) is 0 Å². The number of nitrogens with two attached hydrogens (primary N) is 1. The van der Waals surface area contributed by atoms with E-state index in [9.17, 15) is 4.79 Å². The average Bonchev–Trinajstić information content (AvgIpc) is 2.53. The first kappa shape index (κ1) is 15.7. The van der Waals surface area contributed by atoms with Crippen LogP contribution in [-0.2, 0) is 4.79 Å². The standard InChI is InChI=1S/C18H14Cl2N2O/c19-13-6-3-7-14(20)18(13)17-12-5-2-1-4-11(12)8-9-15(17)22-10-16(21)23/h1-9,22H,10H2,(H2,21,23). The number of nitrogens with one attached hydrogen (secondary N) is 1. The van der Waals surface area contributed by atoms with Crippen LogP contribution in [-0.4, -0.2) is 12.5 Å². The van der Waals surface area contributed by atoms with E-state index >= 15 is 0 Å². The molecule has 3 aromatic carbocycles. The van der Waals surface area contributed by atoms with Gasteiger partial charge < -0.3 is 11.1 Å². The third kappa shape index (κ3) is 3.11. The van der Waals surface area contributed by atoms with Crippen LogP contribution in [0.3, 0.4) is 0 Å². The maximum atomic E-state index is 11.1. The van der Waals surface area contributed by atoms with Crippen LogP contribution >= 0.6 is 23.2 Å². The first-order valence-electron chi connectivity index (χ1n) is 7.06. The number of halogens is 2. The summed E-state index contributed by atoms with van der Waals surface area (Å²) in [4.78, 5) is 11.1. The van der Waals surface area contributed by atoms with Crippen LogP contribution in [0.15, 0.2) is 54.6 Å². The molecule has 0 fully saturated rings. The third-order valence-corrected chi connectivity index (χ3v) is 4.22. The van der Waals surface area contributed by atoms with Gasteiger partial charge in [-0.15, -0.1) is 0 Å². The van der Waals surface area contributed by atoms with Crippen molar-refractivity contribution < 1.29 is 4.79 Å². The monoisotopic (exact) mass is 344 g/mol. The molecule has 0 spiro atoms. The van der Waals surface area contributed by atoms with Gasteiger partial charge in [0.15, 0.2) is 0 Å². The zero-order valence-corrected chi connectivity index (χ0v) is 13.7. The van der Waals surface area contributed by atoms with Crippen molar-refractivity contribution in [1.82, 2.24) is 0 Å². The van der Waals surface area contributed by atoms with E-state index < -0.39 is 5.91 Å². The maximum Gasteiger partial charge on any atom is 0.236 e. The lowest BCUT2D eigenvalue weighted by atomic mass is 9.96. The molecule has 3 N–H and O–H groups in total. The number of rotatable bonds is 4. The van der Waals surface area contributed by atoms with Crippen LogP contribution in [0.4, 0.5) is 5.69 Å². The van der Waals surface area contributed by atoms with Gasteiger partial charge in [-0.25, -0.2) is 0 Å². The summed E-state index contributed by atoms with van der Waals surface area (Å²) >= 11 is 12.8. The number of primary amides is 1. The van der Waals surface area contributed by atoms with Gasteiger partial charge in [-0.2, -0.15) is 0 Å². The van der Waals surface area contributed by atoms with E-state index in [1.165, 1.54) is 0 Å². The molecule has 0 aromatic heterocycles. The molecule has 0 unspecified atom stereocenters. The molecule has 0 aliphatic heterocycles. The SMILES string of the molecule is NC(=O)CNc1ccc2ccccc2c1-c1c(Cl)cccc1Cl. The Hall–Kier alpha value is -2.23. The number of anilines is 1. The van der Waals surface area contributed by atoms with E-state index in [1.54, 1.807) is 18.2 Å². The molecule has 5 heteroatoms. The van der Waals surface area contributed by atoms with Crippen LogP contribution in [0, 0.1) is 0 Å². The van der Waals surface area contributed by atoms with Gasteiger partial charge >= 0.3 is 0 Å². The summed E-state index contributed by atoms with van der Waals surface area (Å²) in [5, 5.41) is 6.23. The molecule has 0 aliphatic carbocycles. The lowest BCUT2D eigenvalue weighted by Gasteiger charge is -2.16. The van der Waals surface area contributed by atoms with E-state index in [0.29, 0.717) is 10.0 Å². The van der Waals surface area contributed by atoms with Crippen molar-refractivity contribution in [2.24, 2.45) is 5.73 Å². The van der Waals surface area contributed by atoms with Gasteiger partial charge in [0.05, 0.1) is 6.54 Å². The second-order valence-electron chi connectivity index (χ2n) is 5.13. The van der Waals surface area contributed by atoms with Crippen molar-refractivity contribution in [2.45, 2.75) is 0 Å². The average molecular weight is 345 g/mol. The molecule has 116 valence electrons. The highest BCUT2D eigenvalue weighted by atomic mass is 35.5. The molecule has 3 aromatic rings. The van der Waals surface area contributed by atoms with Gasteiger partial charge in [0, 0.05) is 26.9 Å². The molecule has 0 saturated heterocycles. The van der Waals surface area contributed by atoms with Crippen LogP contribution in [0.25, 0.3) is 21.9 Å². The summed E-state index contributed by atoms with van der Waals surface area (Å²) < 4.78 is 0. The molecule has 3 nitrogen and oxygen atoms in total. The molecule has 0 bridgehead atoms. The van der Waals surface area contributed by atoms with Gasteiger partial charge in [0.2, 0.25) is 5.91 Å². The maximum absolute atomic E-state index is 11.1. The Balaban J connectivity index is 2.30. The zero-order valence-electron chi connectivity index (χ0n) is 12.1. The highest BCUT2D eigenvalue weighted by molar-refractivity contribution is 6.40. The predicted molar refractivity (Wildman–Crippen MR) is 97.1 cm³/mol. The first-order chi connectivity index (χ1) is 11.1. The molecule has 0 saturated carbocycles. The lowest BCUT2D eigenvalue weighted by molar-refractivity contribution is -0.116. The second kappa shape index (κ2) is 6.49. The highest BCUT2D eigenvalue weighted by Crippen LogP contribution is 2.42. The minimum Gasteiger partial charge on any atom is -0.376 e. The van der Waals surface area contributed by atoms with Crippen molar-refractivity contribution >= 4 is 45.6 Å². The number of fused-ring (bicyclic) bond motifs is 1. The van der Waals surface area contributed by atoms with Gasteiger partial charge in [0.25, 0.3) is 0 Å². The van der Waals surface area contributed by atoms with Crippen molar-refractivity contribution in [3.05, 3.63) is 64.6 Å². The van der Waals surface area contributed by atoms with Crippen LogP contribution in [0.2, 0.25) is 10.0 Å². The zero-order chi connectivity index (χ0) is 16.4. The smallest absolute Gasteiger partial charge is 0.236 e. The van der Waals surface area contributed by atoms with Crippen LogP contribution < -0.4 is 11.1 Å². The Morgan fingerprint density at radius 1 is 0.913 bits per heavy atom. The molecular formula is C18H14Cl2N2O. The summed E-state index contributed by atoms with van der Waals surface area (Å²) in [5.41, 5.74) is 7.61. The summed E-state index contributed by atoms with van der Waals surface area (Å²) in [6.45, 7) is 0.0351. The van der Waals surface area contributed by atoms with E-state index in [1.807, 2.05) is 36.4 Å². The molecule has 0 aliphatic rings. The number of hydrogen-bond donors (Lipinski definition) is 2. The Kier molecular flexibility index (Phi) is 4.42. The summed E-state index contributed by atoms with van der Waals surface area (Å²) in [7, 11) is 0. The molecule has 0 radical (unpaired) electrons. The molecule has 3 rings (SSSR count). The Labute approximate surface area is 144 Å². The van der Waals surface area contributed by atoms with E-state index in [4.69, 9.17) is 28.9 Å². The molecule has 0 heterocycles. The first-order valence-corrected chi connectivity index (χ1v) is 7.82. The molecule has 1 amide bonds. The Morgan fingerprint density at radius 2 is 1.61 bits per heavy atom. The molecule has 0 atom stereocenters. The van der Waals surface area contributed by atoms with Gasteiger partial charge in [-0.3, -0.25) is 4.79 Å². The highest BCUT2D eigenvalue weighted by Gasteiger charge is 2.16. The lowest BCUT2D eigenvalue weighted by Crippen LogP contribution is -2.22. The predicted octanol–water partition coefficient (Wildman–Crippen LogP) is 4.71. The largest absolute Gasteiger partial charge is 0.376 e. The summed E-state index contributed by atoms with van der Waals surface area (Å²) in [5.74, 6) is -0.436. The third-order valence-electron chi connectivity index (χ3n) is 3.59. The number of benzene rings is 3. The minimum absolute atomic E-state index is 0.0351. The van der Waals surface area contributed by atoms with Crippen molar-refractivity contribution in [2.75, 3.05) is 11.9 Å². The number of carbonyl (C=O) groups excluding carboxylic acids is 1. The fourth-order valence-electron chi connectivity index (χ4n) is 2.61. The minimum atomic E-state index is -0.436. The molecular weight excluding hydrogens is 331 g/mol. The quantitative estimate of drug-likeness (QED) is 0.719. The summed E-state index contributed by atoms with van der Waals surface area (Å²) in [6.07, 6.45) is 0. The number of carbonyl (C=O) groups is 1. The Morgan fingerprint density at radius 3 is 2.30 bits per heavy atom. The van der Waals surface area contributed by atoms with Gasteiger partial charge in [-0.05, 0) is 29.0 Å². The van der Waals surface area contributed by atoms with Crippen LogP contribution in [0.1, 0.15) is 0 Å². The summed E-state index contributed by atoms with van der Waals surface area (Å²) in [6, 6.07) is 17.2. The normalized spacial score (nSPS) is 10.7. The van der Waals surface area contributed by atoms with E-state index in [2.05, 4.69) is 5.32 Å². The fraction of sp³-hybridized carbons (Fsp3) is 0.0556. The van der Waals surface area contributed by atoms with Crippen LogP contribution in [0.5, 0.6) is 0 Å².